The van der Waals surface area contributed by atoms with Gasteiger partial charge in [-0.15, -0.1) is 0 Å². The molecule has 0 aromatic heterocycles. The summed E-state index contributed by atoms with van der Waals surface area (Å²) in [5.74, 6) is -0.257. The number of carbonyl (C=O) groups excluding carboxylic acids is 1. The quantitative estimate of drug-likeness (QED) is 0.550. The highest BCUT2D eigenvalue weighted by Gasteiger charge is 2.01. The molecule has 0 heterocycles. The molecule has 0 aliphatic rings. The third-order valence-electron chi connectivity index (χ3n) is 2.52. The van der Waals surface area contributed by atoms with Gasteiger partial charge in [0, 0.05) is 6.92 Å². The van der Waals surface area contributed by atoms with E-state index in [0.29, 0.717) is 0 Å². The predicted octanol–water partition coefficient (Wildman–Crippen LogP) is 3.87. The van der Waals surface area contributed by atoms with E-state index in [0.717, 1.165) is 25.7 Å². The topological polar surface area (TPSA) is 26.3 Å². The van der Waals surface area contributed by atoms with Crippen LogP contribution in [-0.4, -0.2) is 5.97 Å². The summed E-state index contributed by atoms with van der Waals surface area (Å²) in [6.45, 7) is 3.59. The van der Waals surface area contributed by atoms with Gasteiger partial charge in [-0.2, -0.15) is 0 Å². The molecule has 0 unspecified atom stereocenters. The van der Waals surface area contributed by atoms with Gasteiger partial charge in [0.15, 0.2) is 0 Å². The van der Waals surface area contributed by atoms with E-state index in [2.05, 4.69) is 19.1 Å². The van der Waals surface area contributed by atoms with Crippen LogP contribution >= 0.6 is 0 Å². The Hall–Kier alpha value is -1.57. The van der Waals surface area contributed by atoms with Crippen LogP contribution in [0, 0.1) is 0 Å². The summed E-state index contributed by atoms with van der Waals surface area (Å²) in [6, 6.07) is 10.2. The highest BCUT2D eigenvalue weighted by molar-refractivity contribution is 5.66. The zero-order chi connectivity index (χ0) is 12.5. The molecular weight excluding hydrogens is 212 g/mol. The van der Waals surface area contributed by atoms with Crippen molar-refractivity contribution in [2.75, 3.05) is 0 Å². The van der Waals surface area contributed by atoms with Gasteiger partial charge in [0.1, 0.15) is 0 Å². The number of esters is 1. The Labute approximate surface area is 103 Å². The van der Waals surface area contributed by atoms with E-state index in [-0.39, 0.29) is 5.97 Å². The van der Waals surface area contributed by atoms with Crippen molar-refractivity contribution in [1.82, 2.24) is 0 Å². The second-order valence-electron chi connectivity index (χ2n) is 4.15. The normalized spacial score (nSPS) is 11.3. The lowest BCUT2D eigenvalue weighted by Crippen LogP contribution is -1.96. The molecule has 0 aliphatic carbocycles. The van der Waals surface area contributed by atoms with Crippen molar-refractivity contribution in [3.63, 3.8) is 0 Å². The van der Waals surface area contributed by atoms with Crippen LogP contribution in [0.5, 0.6) is 0 Å². The number of hydrogen-bond donors (Lipinski definition) is 0. The number of allylic oxidation sites excluding steroid dienone is 1. The third-order valence-corrected chi connectivity index (χ3v) is 2.52. The Morgan fingerprint density at radius 3 is 2.59 bits per heavy atom. The van der Waals surface area contributed by atoms with E-state index in [4.69, 9.17) is 4.74 Å². The van der Waals surface area contributed by atoms with Gasteiger partial charge in [-0.25, -0.2) is 0 Å². The standard InChI is InChI=1S/C15H20O2/c1-3-4-8-15(12-17-13(2)16)11-14-9-6-5-7-10-14/h5-7,9-10,12H,3-4,8,11H2,1-2H3/b15-12+. The molecule has 2 nitrogen and oxygen atoms in total. The second kappa shape index (κ2) is 7.66. The summed E-state index contributed by atoms with van der Waals surface area (Å²) in [5, 5.41) is 0. The maximum Gasteiger partial charge on any atom is 0.307 e. The molecule has 0 radical (unpaired) electrons. The summed E-state index contributed by atoms with van der Waals surface area (Å²) >= 11 is 0. The monoisotopic (exact) mass is 232 g/mol. The summed E-state index contributed by atoms with van der Waals surface area (Å²) in [6.07, 6.45) is 5.73. The molecule has 0 amide bonds. The summed E-state index contributed by atoms with van der Waals surface area (Å²) in [4.78, 5) is 10.8. The van der Waals surface area contributed by atoms with Gasteiger partial charge in [-0.1, -0.05) is 43.7 Å². The Morgan fingerprint density at radius 1 is 1.29 bits per heavy atom. The van der Waals surface area contributed by atoms with Gasteiger partial charge in [-0.05, 0) is 30.4 Å². The lowest BCUT2D eigenvalue weighted by atomic mass is 10.0. The number of ether oxygens (including phenoxy) is 1. The first-order chi connectivity index (χ1) is 8.22. The largest absolute Gasteiger partial charge is 0.435 e. The second-order valence-corrected chi connectivity index (χ2v) is 4.15. The summed E-state index contributed by atoms with van der Waals surface area (Å²) < 4.78 is 4.97. The molecule has 0 fully saturated rings. The molecule has 0 N–H and O–H groups in total. The molecule has 0 bridgehead atoms. The highest BCUT2D eigenvalue weighted by Crippen LogP contribution is 2.14. The number of hydrogen-bond acceptors (Lipinski definition) is 2. The van der Waals surface area contributed by atoms with Crippen molar-refractivity contribution in [3.05, 3.63) is 47.7 Å². The molecule has 0 saturated carbocycles. The van der Waals surface area contributed by atoms with Gasteiger partial charge in [-0.3, -0.25) is 4.79 Å². The van der Waals surface area contributed by atoms with Gasteiger partial charge >= 0.3 is 5.97 Å². The van der Waals surface area contributed by atoms with E-state index >= 15 is 0 Å². The van der Waals surface area contributed by atoms with Crippen LogP contribution in [0.15, 0.2) is 42.2 Å². The highest BCUT2D eigenvalue weighted by atomic mass is 16.5. The zero-order valence-corrected chi connectivity index (χ0v) is 10.6. The summed E-state index contributed by atoms with van der Waals surface area (Å²) in [5.41, 5.74) is 2.43. The van der Waals surface area contributed by atoms with E-state index in [1.165, 1.54) is 18.1 Å². The third kappa shape index (κ3) is 5.91. The lowest BCUT2D eigenvalue weighted by Gasteiger charge is -2.07. The minimum atomic E-state index is -0.257. The van der Waals surface area contributed by atoms with Crippen molar-refractivity contribution in [3.8, 4) is 0 Å². The van der Waals surface area contributed by atoms with Crippen molar-refractivity contribution in [2.45, 2.75) is 39.5 Å². The SMILES string of the molecule is CCCC/C(=C\OC(C)=O)Cc1ccccc1. The van der Waals surface area contributed by atoms with Crippen LogP contribution in [0.2, 0.25) is 0 Å². The Morgan fingerprint density at radius 2 is 2.00 bits per heavy atom. The van der Waals surface area contributed by atoms with Crippen LogP contribution < -0.4 is 0 Å². The van der Waals surface area contributed by atoms with Crippen LogP contribution in [0.4, 0.5) is 0 Å². The van der Waals surface area contributed by atoms with Crippen LogP contribution in [-0.2, 0) is 16.0 Å². The van der Waals surface area contributed by atoms with Gasteiger partial charge < -0.3 is 4.74 Å². The van der Waals surface area contributed by atoms with Gasteiger partial charge in [0.25, 0.3) is 0 Å². The average molecular weight is 232 g/mol. The molecule has 0 aliphatic heterocycles. The number of unbranched alkanes of at least 4 members (excludes halogenated alkanes) is 1. The molecule has 0 atom stereocenters. The average Bonchev–Trinajstić information content (AvgIpc) is 2.34. The molecule has 1 aromatic carbocycles. The van der Waals surface area contributed by atoms with Crippen LogP contribution in [0.3, 0.4) is 0 Å². The van der Waals surface area contributed by atoms with E-state index < -0.39 is 0 Å². The zero-order valence-electron chi connectivity index (χ0n) is 10.6. The van der Waals surface area contributed by atoms with Crippen LogP contribution in [0.1, 0.15) is 38.7 Å². The maximum atomic E-state index is 10.8. The van der Waals surface area contributed by atoms with E-state index in [1.54, 1.807) is 6.26 Å². The Kier molecular flexibility index (Phi) is 6.08. The molecule has 0 spiro atoms. The Bertz CT molecular complexity index is 366. The molecule has 1 aromatic rings. The first kappa shape index (κ1) is 13.5. The number of benzene rings is 1. The fourth-order valence-corrected chi connectivity index (χ4v) is 1.62. The molecule has 92 valence electrons. The number of carbonyl (C=O) groups is 1. The number of rotatable bonds is 6. The van der Waals surface area contributed by atoms with E-state index in [9.17, 15) is 4.79 Å². The first-order valence-corrected chi connectivity index (χ1v) is 6.11. The fourth-order valence-electron chi connectivity index (χ4n) is 1.62. The van der Waals surface area contributed by atoms with Crippen molar-refractivity contribution in [2.24, 2.45) is 0 Å². The van der Waals surface area contributed by atoms with Crippen LogP contribution in [0.25, 0.3) is 0 Å². The van der Waals surface area contributed by atoms with Crippen molar-refractivity contribution >= 4 is 5.97 Å². The maximum absolute atomic E-state index is 10.8. The minimum absolute atomic E-state index is 0.257. The van der Waals surface area contributed by atoms with Gasteiger partial charge in [0.05, 0.1) is 6.26 Å². The fraction of sp³-hybridized carbons (Fsp3) is 0.400. The minimum Gasteiger partial charge on any atom is -0.435 e. The van der Waals surface area contributed by atoms with Gasteiger partial charge in [0.2, 0.25) is 0 Å². The molecule has 2 heteroatoms. The molecule has 1 rings (SSSR count). The predicted molar refractivity (Wildman–Crippen MR) is 69.5 cm³/mol. The van der Waals surface area contributed by atoms with E-state index in [1.807, 2.05) is 18.2 Å². The first-order valence-electron chi connectivity index (χ1n) is 6.11. The molecular formula is C15H20O2. The Balaban J connectivity index is 2.63. The van der Waals surface area contributed by atoms with Crippen molar-refractivity contribution < 1.29 is 9.53 Å². The molecule has 17 heavy (non-hydrogen) atoms. The summed E-state index contributed by atoms with van der Waals surface area (Å²) in [7, 11) is 0. The molecule has 0 saturated heterocycles. The van der Waals surface area contributed by atoms with Crippen molar-refractivity contribution in [1.29, 1.82) is 0 Å². The lowest BCUT2D eigenvalue weighted by molar-refractivity contribution is -0.135. The smallest absolute Gasteiger partial charge is 0.307 e.